The molecule has 0 amide bonds. The van der Waals surface area contributed by atoms with E-state index in [1.807, 2.05) is 0 Å². The molecule has 2 unspecified atom stereocenters. The minimum absolute atomic E-state index is 0.172. The average Bonchev–Trinajstić information content (AvgIpc) is 2.49. The highest BCUT2D eigenvalue weighted by atomic mass is 35.5. The Balaban J connectivity index is 1.61. The molecule has 0 radical (unpaired) electrons. The molecule has 4 rings (SSSR count). The molecule has 0 spiro atoms. The molecule has 1 heteroatoms. The molecule has 1 aliphatic carbocycles. The van der Waals surface area contributed by atoms with E-state index in [4.69, 9.17) is 11.6 Å². The van der Waals surface area contributed by atoms with Crippen molar-refractivity contribution in [2.45, 2.75) is 24.1 Å². The summed E-state index contributed by atoms with van der Waals surface area (Å²) in [5.41, 5.74) is 4.27. The Kier molecular flexibility index (Phi) is 3.20. The minimum atomic E-state index is 0.172. The maximum Gasteiger partial charge on any atom is 0.0448 e. The minimum Gasteiger partial charge on any atom is -0.122 e. The molecule has 104 valence electrons. The van der Waals surface area contributed by atoms with Gasteiger partial charge in [-0.3, -0.25) is 0 Å². The van der Waals surface area contributed by atoms with Gasteiger partial charge >= 0.3 is 0 Å². The molecule has 1 aliphatic rings. The van der Waals surface area contributed by atoms with Crippen molar-refractivity contribution in [3.63, 3.8) is 0 Å². The molecule has 3 aromatic carbocycles. The molecule has 3 aromatic rings. The van der Waals surface area contributed by atoms with E-state index in [0.29, 0.717) is 5.92 Å². The maximum absolute atomic E-state index is 6.75. The van der Waals surface area contributed by atoms with Crippen molar-refractivity contribution in [1.29, 1.82) is 0 Å². The Bertz CT molecular complexity index is 785. The van der Waals surface area contributed by atoms with E-state index in [-0.39, 0.29) is 5.38 Å². The van der Waals surface area contributed by atoms with Crippen LogP contribution in [0, 0.1) is 0 Å². The number of rotatable bonds is 3. The summed E-state index contributed by atoms with van der Waals surface area (Å²) in [7, 11) is 0. The maximum atomic E-state index is 6.75. The van der Waals surface area contributed by atoms with E-state index in [9.17, 15) is 0 Å². The van der Waals surface area contributed by atoms with Crippen molar-refractivity contribution in [3.05, 3.63) is 83.4 Å². The first-order chi connectivity index (χ1) is 10.3. The Hall–Kier alpha value is -1.79. The molecule has 2 atom stereocenters. The average molecular weight is 293 g/mol. The van der Waals surface area contributed by atoms with Crippen LogP contribution in [-0.4, -0.2) is 5.38 Å². The summed E-state index contributed by atoms with van der Waals surface area (Å²) in [5.74, 6) is 0.502. The van der Waals surface area contributed by atoms with Crippen molar-refractivity contribution in [1.82, 2.24) is 0 Å². The van der Waals surface area contributed by atoms with Crippen LogP contribution in [0.5, 0.6) is 0 Å². The van der Waals surface area contributed by atoms with E-state index < -0.39 is 0 Å². The topological polar surface area (TPSA) is 0 Å². The van der Waals surface area contributed by atoms with Gasteiger partial charge in [0.2, 0.25) is 0 Å². The Labute approximate surface area is 130 Å². The lowest BCUT2D eigenvalue weighted by Crippen LogP contribution is -2.27. The molecule has 0 aliphatic heterocycles. The summed E-state index contributed by atoms with van der Waals surface area (Å²) in [6, 6.07) is 23.7. The SMILES string of the molecule is ClC(Cc1cccc2ccccc12)C1Cc2ccccc21. The summed E-state index contributed by atoms with van der Waals surface area (Å²) < 4.78 is 0. The van der Waals surface area contributed by atoms with Crippen LogP contribution in [-0.2, 0) is 12.8 Å². The van der Waals surface area contributed by atoms with Gasteiger partial charge in [0.1, 0.15) is 0 Å². The van der Waals surface area contributed by atoms with Gasteiger partial charge in [0.15, 0.2) is 0 Å². The lowest BCUT2D eigenvalue weighted by Gasteiger charge is -2.33. The van der Waals surface area contributed by atoms with Crippen LogP contribution in [0.1, 0.15) is 22.6 Å². The first-order valence-corrected chi connectivity index (χ1v) is 7.95. The smallest absolute Gasteiger partial charge is 0.0448 e. The highest BCUT2D eigenvalue weighted by molar-refractivity contribution is 6.21. The molecular weight excluding hydrogens is 276 g/mol. The third-order valence-corrected chi connectivity index (χ3v) is 5.08. The van der Waals surface area contributed by atoms with Crippen LogP contribution in [0.4, 0.5) is 0 Å². The fourth-order valence-corrected chi connectivity index (χ4v) is 3.83. The zero-order valence-electron chi connectivity index (χ0n) is 11.8. The number of fused-ring (bicyclic) bond motifs is 2. The first kappa shape index (κ1) is 12.9. The molecular formula is C20H17Cl. The summed E-state index contributed by atoms with van der Waals surface area (Å²) in [4.78, 5) is 0. The fourth-order valence-electron chi connectivity index (χ4n) is 3.44. The Morgan fingerprint density at radius 1 is 0.905 bits per heavy atom. The highest BCUT2D eigenvalue weighted by Gasteiger charge is 2.31. The number of hydrogen-bond donors (Lipinski definition) is 0. The number of alkyl halides is 1. The standard InChI is InChI=1S/C20H17Cl/c21-20(19-12-15-7-2-4-11-18(15)19)13-16-9-5-8-14-6-1-3-10-17(14)16/h1-11,19-20H,12-13H2. The van der Waals surface area contributed by atoms with E-state index in [1.54, 1.807) is 0 Å². The summed E-state index contributed by atoms with van der Waals surface area (Å²) in [5, 5.41) is 2.80. The van der Waals surface area contributed by atoms with Gasteiger partial charge in [-0.1, -0.05) is 66.7 Å². The monoisotopic (exact) mass is 292 g/mol. The molecule has 0 bridgehead atoms. The van der Waals surface area contributed by atoms with Crippen molar-refractivity contribution in [3.8, 4) is 0 Å². The van der Waals surface area contributed by atoms with Crippen molar-refractivity contribution >= 4 is 22.4 Å². The van der Waals surface area contributed by atoms with Gasteiger partial charge in [-0.2, -0.15) is 0 Å². The van der Waals surface area contributed by atoms with E-state index >= 15 is 0 Å². The number of benzene rings is 3. The molecule has 21 heavy (non-hydrogen) atoms. The Morgan fingerprint density at radius 2 is 1.67 bits per heavy atom. The Morgan fingerprint density at radius 3 is 2.57 bits per heavy atom. The predicted molar refractivity (Wildman–Crippen MR) is 90.2 cm³/mol. The summed E-state index contributed by atoms with van der Waals surface area (Å²) in [6.45, 7) is 0. The van der Waals surface area contributed by atoms with Crippen LogP contribution in [0.25, 0.3) is 10.8 Å². The molecule has 0 saturated carbocycles. The predicted octanol–water partition coefficient (Wildman–Crippen LogP) is 5.33. The second-order valence-corrected chi connectivity index (χ2v) is 6.43. The largest absolute Gasteiger partial charge is 0.122 e. The zero-order valence-corrected chi connectivity index (χ0v) is 12.6. The number of hydrogen-bond acceptors (Lipinski definition) is 0. The van der Waals surface area contributed by atoms with Crippen molar-refractivity contribution in [2.24, 2.45) is 0 Å². The van der Waals surface area contributed by atoms with Crippen LogP contribution in [0.3, 0.4) is 0 Å². The van der Waals surface area contributed by atoms with E-state index in [1.165, 1.54) is 27.5 Å². The molecule has 0 aromatic heterocycles. The normalized spacial score (nSPS) is 18.0. The molecule has 0 N–H and O–H groups in total. The molecule has 0 heterocycles. The van der Waals surface area contributed by atoms with Gasteiger partial charge < -0.3 is 0 Å². The second kappa shape index (κ2) is 5.20. The highest BCUT2D eigenvalue weighted by Crippen LogP contribution is 2.40. The third-order valence-electron chi connectivity index (χ3n) is 4.63. The van der Waals surface area contributed by atoms with Crippen LogP contribution in [0.15, 0.2) is 66.7 Å². The van der Waals surface area contributed by atoms with Crippen LogP contribution >= 0.6 is 11.6 Å². The quantitative estimate of drug-likeness (QED) is 0.572. The van der Waals surface area contributed by atoms with Crippen molar-refractivity contribution < 1.29 is 0 Å². The zero-order chi connectivity index (χ0) is 14.2. The summed E-state index contributed by atoms with van der Waals surface area (Å²) in [6.07, 6.45) is 2.05. The van der Waals surface area contributed by atoms with Crippen molar-refractivity contribution in [2.75, 3.05) is 0 Å². The fraction of sp³-hybridized carbons (Fsp3) is 0.200. The lowest BCUT2D eigenvalue weighted by atomic mass is 9.74. The first-order valence-electron chi connectivity index (χ1n) is 7.51. The molecule has 0 saturated heterocycles. The van der Waals surface area contributed by atoms with Gasteiger partial charge in [0.05, 0.1) is 0 Å². The van der Waals surface area contributed by atoms with E-state index in [2.05, 4.69) is 66.7 Å². The van der Waals surface area contributed by atoms with Gasteiger partial charge in [0.25, 0.3) is 0 Å². The van der Waals surface area contributed by atoms with Gasteiger partial charge in [0, 0.05) is 11.3 Å². The summed E-state index contributed by atoms with van der Waals surface area (Å²) >= 11 is 6.75. The molecule has 0 fully saturated rings. The van der Waals surface area contributed by atoms with Gasteiger partial charge in [-0.05, 0) is 40.3 Å². The van der Waals surface area contributed by atoms with Crippen LogP contribution in [0.2, 0.25) is 0 Å². The number of halogens is 1. The van der Waals surface area contributed by atoms with E-state index in [0.717, 1.165) is 12.8 Å². The lowest BCUT2D eigenvalue weighted by molar-refractivity contribution is 0.568. The third kappa shape index (κ3) is 2.24. The van der Waals surface area contributed by atoms with Crippen LogP contribution < -0.4 is 0 Å². The van der Waals surface area contributed by atoms with Gasteiger partial charge in [-0.15, -0.1) is 11.6 Å². The second-order valence-electron chi connectivity index (χ2n) is 5.87. The van der Waals surface area contributed by atoms with Gasteiger partial charge in [-0.25, -0.2) is 0 Å². The molecule has 0 nitrogen and oxygen atoms in total.